The zero-order valence-corrected chi connectivity index (χ0v) is 7.34. The summed E-state index contributed by atoms with van der Waals surface area (Å²) in [5.74, 6) is -0.893. The second-order valence-electron chi connectivity index (χ2n) is 2.90. The van der Waals surface area contributed by atoms with E-state index >= 15 is 0 Å². The summed E-state index contributed by atoms with van der Waals surface area (Å²) in [6, 6.07) is 5.51. The van der Waals surface area contributed by atoms with E-state index in [4.69, 9.17) is 5.11 Å². The molecule has 14 heavy (non-hydrogen) atoms. The van der Waals surface area contributed by atoms with Crippen molar-refractivity contribution in [3.63, 3.8) is 0 Å². The van der Waals surface area contributed by atoms with Gasteiger partial charge in [0.25, 0.3) is 0 Å². The van der Waals surface area contributed by atoms with Crippen LogP contribution in [0.1, 0.15) is 5.69 Å². The van der Waals surface area contributed by atoms with Crippen LogP contribution in [0.5, 0.6) is 0 Å². The molecule has 0 radical (unpaired) electrons. The van der Waals surface area contributed by atoms with Crippen molar-refractivity contribution in [1.82, 2.24) is 9.97 Å². The molecular weight excluding hydrogens is 180 g/mol. The number of carbonyl (C=O) groups is 1. The average Bonchev–Trinajstić information content (AvgIpc) is 2.18. The first kappa shape index (κ1) is 8.62. The van der Waals surface area contributed by atoms with Gasteiger partial charge in [0, 0.05) is 17.8 Å². The summed E-state index contributed by atoms with van der Waals surface area (Å²) in [5, 5.41) is 9.57. The Kier molecular flexibility index (Phi) is 2.10. The number of fused-ring (bicyclic) bond motifs is 1. The Labute approximate surface area is 80.2 Å². The van der Waals surface area contributed by atoms with Gasteiger partial charge in [0.05, 0.1) is 17.6 Å². The van der Waals surface area contributed by atoms with Gasteiger partial charge in [-0.1, -0.05) is 6.07 Å². The number of rotatable bonds is 2. The third-order valence-corrected chi connectivity index (χ3v) is 1.92. The van der Waals surface area contributed by atoms with Crippen molar-refractivity contribution in [3.05, 3.63) is 36.3 Å². The molecular formula is C10H8N2O2. The topological polar surface area (TPSA) is 63.1 Å². The van der Waals surface area contributed by atoms with Crippen LogP contribution in [-0.4, -0.2) is 21.0 Å². The molecule has 0 fully saturated rings. The molecule has 2 heterocycles. The molecule has 0 bridgehead atoms. The lowest BCUT2D eigenvalue weighted by molar-refractivity contribution is -0.136. The third kappa shape index (κ3) is 1.54. The fourth-order valence-electron chi connectivity index (χ4n) is 1.33. The van der Waals surface area contributed by atoms with E-state index in [1.54, 1.807) is 12.4 Å². The molecule has 2 aromatic heterocycles. The van der Waals surface area contributed by atoms with Crippen molar-refractivity contribution in [2.24, 2.45) is 0 Å². The summed E-state index contributed by atoms with van der Waals surface area (Å²) >= 11 is 0. The van der Waals surface area contributed by atoms with E-state index in [1.165, 1.54) is 0 Å². The molecule has 0 aliphatic heterocycles. The maximum atomic E-state index is 10.5. The second-order valence-corrected chi connectivity index (χ2v) is 2.90. The molecule has 0 aliphatic carbocycles. The van der Waals surface area contributed by atoms with Gasteiger partial charge in [-0.3, -0.25) is 14.8 Å². The summed E-state index contributed by atoms with van der Waals surface area (Å²) in [7, 11) is 0. The molecule has 1 N–H and O–H groups in total. The van der Waals surface area contributed by atoms with Gasteiger partial charge in [-0.15, -0.1) is 0 Å². The van der Waals surface area contributed by atoms with Gasteiger partial charge >= 0.3 is 5.97 Å². The van der Waals surface area contributed by atoms with Crippen molar-refractivity contribution >= 4 is 16.9 Å². The Morgan fingerprint density at radius 1 is 1.29 bits per heavy atom. The van der Waals surface area contributed by atoms with Crippen LogP contribution in [0.3, 0.4) is 0 Å². The Balaban J connectivity index is 2.59. The van der Waals surface area contributed by atoms with Crippen LogP contribution in [0.25, 0.3) is 10.9 Å². The first-order valence-corrected chi connectivity index (χ1v) is 4.18. The molecule has 2 rings (SSSR count). The van der Waals surface area contributed by atoms with Gasteiger partial charge in [-0.05, 0) is 12.1 Å². The van der Waals surface area contributed by atoms with Gasteiger partial charge in [0.2, 0.25) is 0 Å². The molecule has 4 nitrogen and oxygen atoms in total. The van der Waals surface area contributed by atoms with Crippen LogP contribution in [0, 0.1) is 0 Å². The largest absolute Gasteiger partial charge is 0.481 e. The predicted octanol–water partition coefficient (Wildman–Crippen LogP) is 1.26. The molecule has 2 aromatic rings. The highest BCUT2D eigenvalue weighted by atomic mass is 16.4. The van der Waals surface area contributed by atoms with Gasteiger partial charge in [-0.2, -0.15) is 0 Å². The Bertz CT molecular complexity index is 477. The van der Waals surface area contributed by atoms with Crippen LogP contribution in [0.15, 0.2) is 30.6 Å². The van der Waals surface area contributed by atoms with Crippen molar-refractivity contribution in [3.8, 4) is 0 Å². The molecule has 0 spiro atoms. The molecule has 0 saturated carbocycles. The van der Waals surface area contributed by atoms with E-state index in [9.17, 15) is 4.79 Å². The maximum Gasteiger partial charge on any atom is 0.309 e. The van der Waals surface area contributed by atoms with E-state index < -0.39 is 5.97 Å². The second kappa shape index (κ2) is 3.41. The van der Waals surface area contributed by atoms with Crippen LogP contribution >= 0.6 is 0 Å². The predicted molar refractivity (Wildman–Crippen MR) is 50.9 cm³/mol. The molecule has 0 amide bonds. The van der Waals surface area contributed by atoms with Gasteiger partial charge in [-0.25, -0.2) is 0 Å². The fraction of sp³-hybridized carbons (Fsp3) is 0.100. The zero-order valence-electron chi connectivity index (χ0n) is 7.34. The summed E-state index contributed by atoms with van der Waals surface area (Å²) in [6.07, 6.45) is 3.14. The van der Waals surface area contributed by atoms with E-state index in [2.05, 4.69) is 9.97 Å². The smallest absolute Gasteiger partial charge is 0.309 e. The van der Waals surface area contributed by atoms with E-state index in [-0.39, 0.29) is 6.42 Å². The number of aromatic nitrogens is 2. The number of pyridine rings is 2. The highest BCUT2D eigenvalue weighted by Gasteiger charge is 2.06. The minimum absolute atomic E-state index is 0.0889. The van der Waals surface area contributed by atoms with Crippen molar-refractivity contribution in [2.75, 3.05) is 0 Å². The van der Waals surface area contributed by atoms with Crippen molar-refractivity contribution in [1.29, 1.82) is 0 Å². The van der Waals surface area contributed by atoms with Crippen LogP contribution in [-0.2, 0) is 11.2 Å². The van der Waals surface area contributed by atoms with Gasteiger partial charge < -0.3 is 5.11 Å². The van der Waals surface area contributed by atoms with Crippen LogP contribution in [0.4, 0.5) is 0 Å². The highest BCUT2D eigenvalue weighted by Crippen LogP contribution is 2.13. The summed E-state index contributed by atoms with van der Waals surface area (Å²) in [5.41, 5.74) is 1.17. The first-order chi connectivity index (χ1) is 6.77. The zero-order chi connectivity index (χ0) is 9.97. The molecule has 0 aromatic carbocycles. The van der Waals surface area contributed by atoms with Crippen molar-refractivity contribution in [2.45, 2.75) is 6.42 Å². The highest BCUT2D eigenvalue weighted by molar-refractivity contribution is 5.83. The van der Waals surface area contributed by atoms with Crippen LogP contribution in [0.2, 0.25) is 0 Å². The summed E-state index contributed by atoms with van der Waals surface area (Å²) in [4.78, 5) is 18.7. The number of aliphatic carboxylic acids is 1. The first-order valence-electron chi connectivity index (χ1n) is 4.18. The van der Waals surface area contributed by atoms with E-state index in [0.29, 0.717) is 11.2 Å². The fourth-order valence-corrected chi connectivity index (χ4v) is 1.33. The number of carboxylic acids is 1. The monoisotopic (exact) mass is 188 g/mol. The Hall–Kier alpha value is -1.97. The summed E-state index contributed by atoms with van der Waals surface area (Å²) < 4.78 is 0. The lowest BCUT2D eigenvalue weighted by atomic mass is 10.2. The van der Waals surface area contributed by atoms with E-state index in [1.807, 2.05) is 18.2 Å². The lowest BCUT2D eigenvalue weighted by Gasteiger charge is -2.00. The number of hydrogen-bond donors (Lipinski definition) is 1. The molecule has 0 saturated heterocycles. The van der Waals surface area contributed by atoms with Crippen molar-refractivity contribution < 1.29 is 9.90 Å². The minimum atomic E-state index is -0.893. The summed E-state index contributed by atoms with van der Waals surface area (Å²) in [6.45, 7) is 0. The molecule has 0 atom stereocenters. The Morgan fingerprint density at radius 2 is 2.14 bits per heavy atom. The SMILES string of the molecule is O=C(O)Cc1nccc2cccnc12. The quantitative estimate of drug-likeness (QED) is 0.770. The number of nitrogens with zero attached hydrogens (tertiary/aromatic N) is 2. The molecule has 0 unspecified atom stereocenters. The molecule has 0 aliphatic rings. The Morgan fingerprint density at radius 3 is 2.93 bits per heavy atom. The molecule has 70 valence electrons. The minimum Gasteiger partial charge on any atom is -0.481 e. The normalized spacial score (nSPS) is 10.3. The van der Waals surface area contributed by atoms with E-state index in [0.717, 1.165) is 5.39 Å². The van der Waals surface area contributed by atoms with Gasteiger partial charge in [0.1, 0.15) is 0 Å². The number of carboxylic acid groups (broad SMARTS) is 1. The lowest BCUT2D eigenvalue weighted by Crippen LogP contribution is -2.03. The van der Waals surface area contributed by atoms with Crippen LogP contribution < -0.4 is 0 Å². The maximum absolute atomic E-state index is 10.5. The van der Waals surface area contributed by atoms with Gasteiger partial charge in [0.15, 0.2) is 0 Å². The number of hydrogen-bond acceptors (Lipinski definition) is 3. The average molecular weight is 188 g/mol. The molecule has 4 heteroatoms. The third-order valence-electron chi connectivity index (χ3n) is 1.92. The standard InChI is InChI=1S/C10H8N2O2/c13-9(14)6-8-10-7(3-5-11-8)2-1-4-12-10/h1-5H,6H2,(H,13,14).